The molecule has 0 saturated heterocycles. The van der Waals surface area contributed by atoms with Crippen molar-refractivity contribution in [3.05, 3.63) is 0 Å². The minimum Gasteiger partial charge on any atom is -0.481 e. The van der Waals surface area contributed by atoms with Gasteiger partial charge in [-0.1, -0.05) is 187 Å². The van der Waals surface area contributed by atoms with Gasteiger partial charge in [0.25, 0.3) is 0 Å². The number of unbranched alkanes of at least 4 members (excludes halogenated alkanes) is 28. The molecule has 44 heavy (non-hydrogen) atoms. The monoisotopic (exact) mass is 623 g/mol. The molecule has 1 atom stereocenters. The van der Waals surface area contributed by atoms with Gasteiger partial charge in [0.15, 0.2) is 0 Å². The van der Waals surface area contributed by atoms with Crippen molar-refractivity contribution in [1.29, 1.82) is 0 Å². The maximum Gasteiger partial charge on any atom is 0.306 e. The number of aliphatic carboxylic acids is 1. The van der Waals surface area contributed by atoms with Crippen molar-refractivity contribution in [1.82, 2.24) is 0 Å². The Morgan fingerprint density at radius 1 is 0.409 bits per heavy atom. The highest BCUT2D eigenvalue weighted by Gasteiger charge is 2.14. The zero-order valence-electron chi connectivity index (χ0n) is 30.0. The number of hydrogen-bond donors (Lipinski definition) is 1. The summed E-state index contributed by atoms with van der Waals surface area (Å²) in [4.78, 5) is 23.3. The van der Waals surface area contributed by atoms with Gasteiger partial charge in [-0.2, -0.15) is 0 Å². The summed E-state index contributed by atoms with van der Waals surface area (Å²) in [5.41, 5.74) is 0. The maximum atomic E-state index is 12.5. The molecule has 4 heteroatoms. The fourth-order valence-electron chi connectivity index (χ4n) is 6.36. The van der Waals surface area contributed by atoms with Crippen LogP contribution in [0.1, 0.15) is 239 Å². The van der Waals surface area contributed by atoms with Crippen LogP contribution in [0.3, 0.4) is 0 Å². The second-order valence-corrected chi connectivity index (χ2v) is 13.8. The smallest absolute Gasteiger partial charge is 0.306 e. The van der Waals surface area contributed by atoms with Crippen molar-refractivity contribution in [2.24, 2.45) is 0 Å². The first kappa shape index (κ1) is 42.9. The SMILES string of the molecule is CCCCCCCCCCCCCCCCCCCCCCCC(=O)OC(CCCCCCCCC)CCCCCC(=O)O. The molecule has 0 amide bonds. The van der Waals surface area contributed by atoms with Crippen LogP contribution < -0.4 is 0 Å². The number of carbonyl (C=O) groups excluding carboxylic acids is 1. The van der Waals surface area contributed by atoms with Crippen LogP contribution in [0.15, 0.2) is 0 Å². The van der Waals surface area contributed by atoms with E-state index in [1.807, 2.05) is 0 Å². The first-order valence-electron chi connectivity index (χ1n) is 20.0. The fraction of sp³-hybridized carbons (Fsp3) is 0.950. The molecule has 262 valence electrons. The zero-order chi connectivity index (χ0) is 32.2. The summed E-state index contributed by atoms with van der Waals surface area (Å²) in [5.74, 6) is -0.748. The van der Waals surface area contributed by atoms with E-state index in [0.29, 0.717) is 12.8 Å². The molecular formula is C40H78O4. The van der Waals surface area contributed by atoms with Gasteiger partial charge < -0.3 is 9.84 Å². The molecule has 0 spiro atoms. The summed E-state index contributed by atoms with van der Waals surface area (Å²) < 4.78 is 5.91. The van der Waals surface area contributed by atoms with E-state index in [9.17, 15) is 9.59 Å². The molecule has 0 aromatic heterocycles. The van der Waals surface area contributed by atoms with E-state index in [2.05, 4.69) is 13.8 Å². The molecule has 0 heterocycles. The van der Waals surface area contributed by atoms with Crippen LogP contribution in [-0.2, 0) is 14.3 Å². The van der Waals surface area contributed by atoms with Crippen molar-refractivity contribution in [3.63, 3.8) is 0 Å². The number of carboxylic acid groups (broad SMARTS) is 1. The molecule has 0 aromatic rings. The van der Waals surface area contributed by atoms with E-state index in [-0.39, 0.29) is 18.5 Å². The van der Waals surface area contributed by atoms with Crippen molar-refractivity contribution in [3.8, 4) is 0 Å². The van der Waals surface area contributed by atoms with Crippen LogP contribution in [0.5, 0.6) is 0 Å². The standard InChI is InChI=1S/C40H78O4/c1-3-5-7-9-11-12-13-14-15-16-17-18-19-20-21-22-23-24-26-28-33-37-40(43)44-38(35-31-29-32-36-39(41)42)34-30-27-25-10-8-6-4-2/h38H,3-37H2,1-2H3,(H,41,42). The van der Waals surface area contributed by atoms with E-state index in [1.54, 1.807) is 0 Å². The molecule has 0 bridgehead atoms. The summed E-state index contributed by atoms with van der Waals surface area (Å²) in [7, 11) is 0. The molecular weight excluding hydrogens is 544 g/mol. The van der Waals surface area contributed by atoms with Gasteiger partial charge in [0, 0.05) is 12.8 Å². The van der Waals surface area contributed by atoms with E-state index < -0.39 is 5.97 Å². The lowest BCUT2D eigenvalue weighted by molar-refractivity contribution is -0.150. The summed E-state index contributed by atoms with van der Waals surface area (Å²) in [6, 6.07) is 0. The molecule has 1 unspecified atom stereocenters. The second kappa shape index (κ2) is 36.4. The molecule has 0 radical (unpaired) electrons. The van der Waals surface area contributed by atoms with Crippen molar-refractivity contribution >= 4 is 11.9 Å². The highest BCUT2D eigenvalue weighted by Crippen LogP contribution is 2.19. The Labute approximate surface area is 275 Å². The molecule has 1 N–H and O–H groups in total. The Hall–Kier alpha value is -1.06. The average molecular weight is 623 g/mol. The molecule has 0 aliphatic rings. The Morgan fingerprint density at radius 2 is 0.682 bits per heavy atom. The highest BCUT2D eigenvalue weighted by molar-refractivity contribution is 5.69. The van der Waals surface area contributed by atoms with Crippen LogP contribution in [0, 0.1) is 0 Å². The Kier molecular flexibility index (Phi) is 35.5. The topological polar surface area (TPSA) is 63.6 Å². The van der Waals surface area contributed by atoms with Crippen LogP contribution in [0.2, 0.25) is 0 Å². The number of carbonyl (C=O) groups is 2. The quantitative estimate of drug-likeness (QED) is 0.0553. The lowest BCUT2D eigenvalue weighted by atomic mass is 10.0. The molecule has 4 nitrogen and oxygen atoms in total. The van der Waals surface area contributed by atoms with E-state index >= 15 is 0 Å². The average Bonchev–Trinajstić information content (AvgIpc) is 3.00. The fourth-order valence-corrected chi connectivity index (χ4v) is 6.36. The van der Waals surface area contributed by atoms with Crippen LogP contribution in [0.4, 0.5) is 0 Å². The molecule has 0 saturated carbocycles. The van der Waals surface area contributed by atoms with Crippen LogP contribution in [-0.4, -0.2) is 23.1 Å². The summed E-state index contributed by atoms with van der Waals surface area (Å²) >= 11 is 0. The largest absolute Gasteiger partial charge is 0.481 e. The first-order chi connectivity index (χ1) is 21.6. The lowest BCUT2D eigenvalue weighted by Crippen LogP contribution is -2.18. The minimum atomic E-state index is -0.721. The van der Waals surface area contributed by atoms with Crippen LogP contribution in [0.25, 0.3) is 0 Å². The van der Waals surface area contributed by atoms with Gasteiger partial charge >= 0.3 is 11.9 Å². The number of hydrogen-bond acceptors (Lipinski definition) is 3. The Bertz CT molecular complexity index is 590. The first-order valence-corrected chi connectivity index (χ1v) is 20.0. The number of rotatable bonds is 37. The van der Waals surface area contributed by atoms with Gasteiger partial charge in [-0.25, -0.2) is 0 Å². The number of ether oxygens (including phenoxy) is 1. The highest BCUT2D eigenvalue weighted by atomic mass is 16.5. The summed E-state index contributed by atoms with van der Waals surface area (Å²) in [6.07, 6.45) is 42.8. The predicted octanol–water partition coefficient (Wildman–Crippen LogP) is 13.7. The molecule has 0 aromatic carbocycles. The molecule has 0 aliphatic carbocycles. The lowest BCUT2D eigenvalue weighted by Gasteiger charge is -2.18. The summed E-state index contributed by atoms with van der Waals surface area (Å²) in [6.45, 7) is 4.54. The third-order valence-corrected chi connectivity index (χ3v) is 9.33. The van der Waals surface area contributed by atoms with E-state index in [1.165, 1.54) is 161 Å². The van der Waals surface area contributed by atoms with Gasteiger partial charge in [0.05, 0.1) is 0 Å². The molecule has 0 aliphatic heterocycles. The Morgan fingerprint density at radius 3 is 1.02 bits per heavy atom. The van der Waals surface area contributed by atoms with Crippen molar-refractivity contribution < 1.29 is 19.4 Å². The molecule has 0 fully saturated rings. The third-order valence-electron chi connectivity index (χ3n) is 9.33. The maximum absolute atomic E-state index is 12.5. The minimum absolute atomic E-state index is 0.0119. The van der Waals surface area contributed by atoms with Gasteiger partial charge in [0.2, 0.25) is 0 Å². The van der Waals surface area contributed by atoms with Gasteiger partial charge in [0.1, 0.15) is 6.10 Å². The third kappa shape index (κ3) is 35.4. The van der Waals surface area contributed by atoms with Gasteiger partial charge in [-0.15, -0.1) is 0 Å². The van der Waals surface area contributed by atoms with Crippen molar-refractivity contribution in [2.45, 2.75) is 245 Å². The van der Waals surface area contributed by atoms with E-state index in [0.717, 1.165) is 44.9 Å². The van der Waals surface area contributed by atoms with Gasteiger partial charge in [-0.3, -0.25) is 9.59 Å². The second-order valence-electron chi connectivity index (χ2n) is 13.8. The van der Waals surface area contributed by atoms with Crippen LogP contribution >= 0.6 is 0 Å². The predicted molar refractivity (Wildman–Crippen MR) is 190 cm³/mol. The zero-order valence-corrected chi connectivity index (χ0v) is 30.0. The number of esters is 1. The Balaban J connectivity index is 3.67. The molecule has 0 rings (SSSR count). The summed E-state index contributed by atoms with van der Waals surface area (Å²) in [5, 5.41) is 8.85. The van der Waals surface area contributed by atoms with Crippen molar-refractivity contribution in [2.75, 3.05) is 0 Å². The van der Waals surface area contributed by atoms with Gasteiger partial charge in [-0.05, 0) is 38.5 Å². The van der Waals surface area contributed by atoms with E-state index in [4.69, 9.17) is 9.84 Å². The normalized spacial score (nSPS) is 12.0. The number of carboxylic acids is 1.